The van der Waals surface area contributed by atoms with Gasteiger partial charge in [0, 0.05) is 18.2 Å². The third kappa shape index (κ3) is 3.27. The number of para-hydroxylation sites is 2. The molecule has 1 aromatic heterocycles. The zero-order chi connectivity index (χ0) is 17.2. The van der Waals surface area contributed by atoms with E-state index in [-0.39, 0.29) is 16.7 Å². The van der Waals surface area contributed by atoms with Crippen LogP contribution in [0.1, 0.15) is 35.9 Å². The molecule has 0 N–H and O–H groups in total. The monoisotopic (exact) mass is 353 g/mol. The Morgan fingerprint density at radius 1 is 1.16 bits per heavy atom. The van der Waals surface area contributed by atoms with Gasteiger partial charge >= 0.3 is 0 Å². The summed E-state index contributed by atoms with van der Waals surface area (Å²) in [5.74, 6) is 0. The van der Waals surface area contributed by atoms with Crippen molar-refractivity contribution < 1.29 is 4.92 Å². The van der Waals surface area contributed by atoms with Crippen LogP contribution in [0.3, 0.4) is 0 Å². The van der Waals surface area contributed by atoms with Crippen molar-refractivity contribution in [2.45, 2.75) is 31.8 Å². The molecule has 0 spiro atoms. The van der Waals surface area contributed by atoms with E-state index >= 15 is 0 Å². The molecule has 1 fully saturated rings. The second-order valence-corrected chi connectivity index (χ2v) is 7.45. The number of fused-ring (bicyclic) bond motifs is 1. The maximum Gasteiger partial charge on any atom is 0.273 e. The smallest absolute Gasteiger partial charge is 0.273 e. The number of aromatic nitrogens is 1. The molecule has 1 saturated heterocycles. The maximum absolute atomic E-state index is 11.3. The minimum absolute atomic E-state index is 0.205. The largest absolute Gasteiger partial charge is 0.289 e. The summed E-state index contributed by atoms with van der Waals surface area (Å²) >= 11 is 1.74. The van der Waals surface area contributed by atoms with Crippen molar-refractivity contribution in [2.24, 2.45) is 0 Å². The van der Waals surface area contributed by atoms with Gasteiger partial charge in [0.25, 0.3) is 5.69 Å². The summed E-state index contributed by atoms with van der Waals surface area (Å²) in [4.78, 5) is 18.2. The van der Waals surface area contributed by atoms with Crippen LogP contribution in [0.25, 0.3) is 10.2 Å². The third-order valence-electron chi connectivity index (χ3n) is 4.77. The fourth-order valence-corrected chi connectivity index (χ4v) is 4.67. The van der Waals surface area contributed by atoms with Crippen LogP contribution in [0.5, 0.6) is 0 Å². The molecule has 128 valence electrons. The molecule has 0 bridgehead atoms. The van der Waals surface area contributed by atoms with E-state index in [9.17, 15) is 10.1 Å². The highest BCUT2D eigenvalue weighted by molar-refractivity contribution is 7.18. The SMILES string of the molecule is O=[N+]([O-])c1ccccc1CN1CCCC[C@@H]1c1nc2ccccc2s1. The first kappa shape index (κ1) is 16.2. The average Bonchev–Trinajstić information content (AvgIpc) is 3.06. The first-order valence-electron chi connectivity index (χ1n) is 8.54. The molecule has 0 amide bonds. The topological polar surface area (TPSA) is 59.3 Å². The van der Waals surface area contributed by atoms with Crippen molar-refractivity contribution in [3.63, 3.8) is 0 Å². The van der Waals surface area contributed by atoms with Gasteiger partial charge in [-0.05, 0) is 31.5 Å². The highest BCUT2D eigenvalue weighted by atomic mass is 32.1. The number of nitro benzene ring substituents is 1. The Morgan fingerprint density at radius 2 is 1.96 bits per heavy atom. The van der Waals surface area contributed by atoms with Crippen molar-refractivity contribution in [2.75, 3.05) is 6.54 Å². The minimum Gasteiger partial charge on any atom is -0.289 e. The zero-order valence-electron chi connectivity index (χ0n) is 13.8. The molecule has 4 rings (SSSR count). The number of hydrogen-bond acceptors (Lipinski definition) is 5. The summed E-state index contributed by atoms with van der Waals surface area (Å²) in [5.41, 5.74) is 2.02. The molecule has 1 aliphatic heterocycles. The molecular weight excluding hydrogens is 334 g/mol. The predicted molar refractivity (Wildman–Crippen MR) is 99.7 cm³/mol. The van der Waals surface area contributed by atoms with E-state index in [1.165, 1.54) is 11.1 Å². The molecule has 2 aromatic carbocycles. The highest BCUT2D eigenvalue weighted by Crippen LogP contribution is 2.37. The normalized spacial score (nSPS) is 18.5. The number of piperidine rings is 1. The molecule has 0 radical (unpaired) electrons. The Morgan fingerprint density at radius 3 is 2.80 bits per heavy atom. The van der Waals surface area contributed by atoms with Crippen LogP contribution in [0.15, 0.2) is 48.5 Å². The fourth-order valence-electron chi connectivity index (χ4n) is 3.53. The van der Waals surface area contributed by atoms with E-state index in [1.54, 1.807) is 23.5 Å². The molecule has 5 nitrogen and oxygen atoms in total. The van der Waals surface area contributed by atoms with Gasteiger partial charge in [0.2, 0.25) is 0 Å². The van der Waals surface area contributed by atoms with Crippen LogP contribution < -0.4 is 0 Å². The van der Waals surface area contributed by atoms with E-state index in [0.29, 0.717) is 6.54 Å². The first-order chi connectivity index (χ1) is 12.2. The maximum atomic E-state index is 11.3. The lowest BCUT2D eigenvalue weighted by Gasteiger charge is -2.34. The van der Waals surface area contributed by atoms with E-state index in [4.69, 9.17) is 4.98 Å². The second kappa shape index (κ2) is 6.90. The summed E-state index contributed by atoms with van der Waals surface area (Å²) in [6.07, 6.45) is 3.36. The van der Waals surface area contributed by atoms with Crippen LogP contribution >= 0.6 is 11.3 Å². The summed E-state index contributed by atoms with van der Waals surface area (Å²) in [6, 6.07) is 15.5. The van der Waals surface area contributed by atoms with E-state index in [2.05, 4.69) is 11.0 Å². The summed E-state index contributed by atoms with van der Waals surface area (Å²) in [6.45, 7) is 1.55. The number of nitrogens with zero attached hydrogens (tertiary/aromatic N) is 3. The van der Waals surface area contributed by atoms with Gasteiger partial charge < -0.3 is 0 Å². The minimum atomic E-state index is -0.286. The molecule has 1 aliphatic rings. The molecule has 0 unspecified atom stereocenters. The number of rotatable bonds is 4. The Labute approximate surface area is 150 Å². The molecule has 1 atom stereocenters. The van der Waals surface area contributed by atoms with Crippen molar-refractivity contribution >= 4 is 27.2 Å². The molecule has 0 aliphatic carbocycles. The van der Waals surface area contributed by atoms with Crippen LogP contribution in [-0.2, 0) is 6.54 Å². The lowest BCUT2D eigenvalue weighted by Crippen LogP contribution is -2.33. The number of likely N-dealkylation sites (tertiary alicyclic amines) is 1. The number of nitro groups is 1. The fraction of sp³-hybridized carbons (Fsp3) is 0.316. The van der Waals surface area contributed by atoms with Crippen molar-refractivity contribution in [3.05, 3.63) is 69.2 Å². The van der Waals surface area contributed by atoms with Gasteiger partial charge in [-0.1, -0.05) is 36.8 Å². The van der Waals surface area contributed by atoms with Crippen LogP contribution in [0.2, 0.25) is 0 Å². The van der Waals surface area contributed by atoms with Crippen molar-refractivity contribution in [1.29, 1.82) is 0 Å². The highest BCUT2D eigenvalue weighted by Gasteiger charge is 2.28. The van der Waals surface area contributed by atoms with Gasteiger partial charge in [-0.15, -0.1) is 11.3 Å². The van der Waals surface area contributed by atoms with E-state index < -0.39 is 0 Å². The molecule has 3 aromatic rings. The van der Waals surface area contributed by atoms with Crippen LogP contribution in [0.4, 0.5) is 5.69 Å². The zero-order valence-corrected chi connectivity index (χ0v) is 14.6. The van der Waals surface area contributed by atoms with Crippen LogP contribution in [0, 0.1) is 10.1 Å². The summed E-state index contributed by atoms with van der Waals surface area (Å²) in [7, 11) is 0. The van der Waals surface area contributed by atoms with Gasteiger partial charge in [0.1, 0.15) is 5.01 Å². The van der Waals surface area contributed by atoms with Gasteiger partial charge in [0.05, 0.1) is 21.2 Å². The van der Waals surface area contributed by atoms with E-state index in [1.807, 2.05) is 30.3 Å². The average molecular weight is 353 g/mol. The Bertz CT molecular complexity index is 875. The predicted octanol–water partition coefficient (Wildman–Crippen LogP) is 4.93. The Hall–Kier alpha value is -2.31. The molecule has 2 heterocycles. The first-order valence-corrected chi connectivity index (χ1v) is 9.36. The summed E-state index contributed by atoms with van der Waals surface area (Å²) < 4.78 is 1.20. The van der Waals surface area contributed by atoms with Gasteiger partial charge in [0.15, 0.2) is 0 Å². The Kier molecular flexibility index (Phi) is 4.46. The standard InChI is InChI=1S/C19H19N3O2S/c23-22(24)16-9-3-1-7-14(16)13-21-12-6-5-10-17(21)19-20-15-8-2-4-11-18(15)25-19/h1-4,7-9,11,17H,5-6,10,12-13H2/t17-/m1/s1. The second-order valence-electron chi connectivity index (χ2n) is 6.39. The molecule has 0 saturated carbocycles. The lowest BCUT2D eigenvalue weighted by molar-refractivity contribution is -0.385. The quantitative estimate of drug-likeness (QED) is 0.493. The van der Waals surface area contributed by atoms with E-state index in [0.717, 1.165) is 35.5 Å². The van der Waals surface area contributed by atoms with Gasteiger partial charge in [-0.3, -0.25) is 15.0 Å². The third-order valence-corrected chi connectivity index (χ3v) is 5.91. The van der Waals surface area contributed by atoms with Crippen molar-refractivity contribution in [1.82, 2.24) is 9.88 Å². The Balaban J connectivity index is 1.64. The summed E-state index contributed by atoms with van der Waals surface area (Å²) in [5, 5.41) is 12.4. The number of benzene rings is 2. The molecule has 6 heteroatoms. The lowest BCUT2D eigenvalue weighted by atomic mass is 10.0. The van der Waals surface area contributed by atoms with Crippen molar-refractivity contribution in [3.8, 4) is 0 Å². The van der Waals surface area contributed by atoms with Crippen LogP contribution in [-0.4, -0.2) is 21.4 Å². The molecular formula is C19H19N3O2S. The molecule has 25 heavy (non-hydrogen) atoms. The number of hydrogen-bond donors (Lipinski definition) is 0. The number of thiazole rings is 1. The van der Waals surface area contributed by atoms with Gasteiger partial charge in [-0.25, -0.2) is 4.98 Å². The van der Waals surface area contributed by atoms with Gasteiger partial charge in [-0.2, -0.15) is 0 Å².